The van der Waals surface area contributed by atoms with Gasteiger partial charge in [-0.25, -0.2) is 12.7 Å². The van der Waals surface area contributed by atoms with Crippen LogP contribution >= 0.6 is 0 Å². The highest BCUT2D eigenvalue weighted by Crippen LogP contribution is 2.16. The van der Waals surface area contributed by atoms with Crippen LogP contribution in [0.2, 0.25) is 0 Å². The maximum atomic E-state index is 12.2. The van der Waals surface area contributed by atoms with Crippen LogP contribution in [-0.4, -0.2) is 25.8 Å². The second-order valence-electron chi connectivity index (χ2n) is 4.30. The van der Waals surface area contributed by atoms with Crippen molar-refractivity contribution in [3.63, 3.8) is 0 Å². The van der Waals surface area contributed by atoms with E-state index in [1.807, 2.05) is 19.9 Å². The van der Waals surface area contributed by atoms with Crippen molar-refractivity contribution in [1.82, 2.24) is 4.31 Å². The molecule has 1 rings (SSSR count). The smallest absolute Gasteiger partial charge is 0.212 e. The van der Waals surface area contributed by atoms with Gasteiger partial charge >= 0.3 is 0 Å². The highest BCUT2D eigenvalue weighted by Gasteiger charge is 2.23. The minimum absolute atomic E-state index is 0.0377. The Bertz CT molecular complexity index is 546. The molecule has 1 atom stereocenters. The van der Waals surface area contributed by atoms with E-state index in [4.69, 9.17) is 5.26 Å². The van der Waals surface area contributed by atoms with Gasteiger partial charge < -0.3 is 0 Å². The molecule has 0 bridgehead atoms. The number of hydrogen-bond donors (Lipinski definition) is 0. The van der Waals surface area contributed by atoms with Crippen LogP contribution in [0.3, 0.4) is 0 Å². The summed E-state index contributed by atoms with van der Waals surface area (Å²) in [5, 5.41) is 8.95. The number of benzene rings is 1. The topological polar surface area (TPSA) is 61.2 Å². The lowest BCUT2D eigenvalue weighted by Gasteiger charge is -2.23. The molecule has 0 saturated heterocycles. The van der Waals surface area contributed by atoms with Crippen molar-refractivity contribution in [3.8, 4) is 6.07 Å². The summed E-state index contributed by atoms with van der Waals surface area (Å²) in [6.45, 7) is 3.81. The average Bonchev–Trinajstić information content (AvgIpc) is 2.37. The van der Waals surface area contributed by atoms with E-state index in [9.17, 15) is 8.42 Å². The molecular formula is C13H18N2O2S. The first-order chi connectivity index (χ1) is 8.42. The first kappa shape index (κ1) is 14.7. The molecule has 0 heterocycles. The Balaban J connectivity index is 3.00. The van der Waals surface area contributed by atoms with Crippen molar-refractivity contribution in [1.29, 1.82) is 5.26 Å². The van der Waals surface area contributed by atoms with Gasteiger partial charge in [0.05, 0.1) is 17.4 Å². The fourth-order valence-electron chi connectivity index (χ4n) is 1.58. The molecule has 0 saturated carbocycles. The summed E-state index contributed by atoms with van der Waals surface area (Å²) in [5.74, 6) is -0.127. The van der Waals surface area contributed by atoms with Crippen LogP contribution in [0, 0.1) is 11.3 Å². The van der Waals surface area contributed by atoms with E-state index in [0.29, 0.717) is 11.1 Å². The summed E-state index contributed by atoms with van der Waals surface area (Å²) < 4.78 is 25.7. The maximum Gasteiger partial charge on any atom is 0.218 e. The predicted octanol–water partition coefficient (Wildman–Crippen LogP) is 2.12. The third-order valence-electron chi connectivity index (χ3n) is 3.13. The van der Waals surface area contributed by atoms with Gasteiger partial charge in [0.1, 0.15) is 0 Å². The third kappa shape index (κ3) is 3.31. The van der Waals surface area contributed by atoms with Crippen molar-refractivity contribution in [2.45, 2.75) is 32.1 Å². The van der Waals surface area contributed by atoms with Crippen molar-refractivity contribution in [2.24, 2.45) is 0 Å². The monoisotopic (exact) mass is 266 g/mol. The molecule has 0 N–H and O–H groups in total. The fourth-order valence-corrected chi connectivity index (χ4v) is 3.13. The van der Waals surface area contributed by atoms with E-state index in [2.05, 4.69) is 0 Å². The van der Waals surface area contributed by atoms with Crippen LogP contribution < -0.4 is 0 Å². The molecule has 0 unspecified atom stereocenters. The second kappa shape index (κ2) is 5.98. The number of nitriles is 1. The van der Waals surface area contributed by atoms with Gasteiger partial charge in [0, 0.05) is 13.1 Å². The van der Waals surface area contributed by atoms with E-state index in [-0.39, 0.29) is 11.8 Å². The molecule has 5 heteroatoms. The molecule has 4 nitrogen and oxygen atoms in total. The molecule has 1 aromatic rings. The maximum absolute atomic E-state index is 12.2. The molecule has 0 amide bonds. The van der Waals surface area contributed by atoms with Crippen molar-refractivity contribution in [2.75, 3.05) is 7.05 Å². The lowest BCUT2D eigenvalue weighted by atomic mass is 10.1. The van der Waals surface area contributed by atoms with E-state index >= 15 is 0 Å². The van der Waals surface area contributed by atoms with Gasteiger partial charge in [-0.2, -0.15) is 5.26 Å². The average molecular weight is 266 g/mol. The molecule has 0 radical (unpaired) electrons. The minimum atomic E-state index is -3.38. The van der Waals surface area contributed by atoms with E-state index in [0.717, 1.165) is 6.42 Å². The van der Waals surface area contributed by atoms with Gasteiger partial charge in [0.15, 0.2) is 0 Å². The van der Waals surface area contributed by atoms with Crippen molar-refractivity contribution in [3.05, 3.63) is 35.4 Å². The summed E-state index contributed by atoms with van der Waals surface area (Å²) in [6.07, 6.45) is 0.760. The first-order valence-corrected chi connectivity index (χ1v) is 7.47. The SMILES string of the molecule is CC[C@@H](C)N(C)S(=O)(=O)Cc1ccccc1C#N. The molecule has 0 aromatic heterocycles. The summed E-state index contributed by atoms with van der Waals surface area (Å²) in [4.78, 5) is 0. The largest absolute Gasteiger partial charge is 0.218 e. The highest BCUT2D eigenvalue weighted by atomic mass is 32.2. The normalized spacial score (nSPS) is 13.3. The molecule has 0 spiro atoms. The first-order valence-electron chi connectivity index (χ1n) is 5.86. The van der Waals surface area contributed by atoms with E-state index in [1.165, 1.54) is 4.31 Å². The number of nitrogens with zero attached hydrogens (tertiary/aromatic N) is 2. The van der Waals surface area contributed by atoms with Crippen molar-refractivity contribution < 1.29 is 8.42 Å². The van der Waals surface area contributed by atoms with Gasteiger partial charge in [-0.15, -0.1) is 0 Å². The third-order valence-corrected chi connectivity index (χ3v) is 5.04. The quantitative estimate of drug-likeness (QED) is 0.820. The molecule has 1 aromatic carbocycles. The molecule has 98 valence electrons. The van der Waals surface area contributed by atoms with Crippen LogP contribution in [0.5, 0.6) is 0 Å². The van der Waals surface area contributed by atoms with Gasteiger partial charge in [0.25, 0.3) is 0 Å². The number of rotatable bonds is 5. The zero-order chi connectivity index (χ0) is 13.8. The fraction of sp³-hybridized carbons (Fsp3) is 0.462. The lowest BCUT2D eigenvalue weighted by Crippen LogP contribution is -2.35. The zero-order valence-corrected chi connectivity index (χ0v) is 11.7. The Labute approximate surface area is 109 Å². The van der Waals surface area contributed by atoms with Gasteiger partial charge in [-0.1, -0.05) is 25.1 Å². The number of hydrogen-bond acceptors (Lipinski definition) is 3. The summed E-state index contributed by atoms with van der Waals surface area (Å²) in [7, 11) is -1.79. The van der Waals surface area contributed by atoms with Crippen LogP contribution in [0.4, 0.5) is 0 Å². The van der Waals surface area contributed by atoms with E-state index in [1.54, 1.807) is 31.3 Å². The van der Waals surface area contributed by atoms with Gasteiger partial charge in [0.2, 0.25) is 10.0 Å². The summed E-state index contributed by atoms with van der Waals surface area (Å²) in [6, 6.07) is 8.77. The summed E-state index contributed by atoms with van der Waals surface area (Å²) >= 11 is 0. The molecule has 0 aliphatic heterocycles. The molecular weight excluding hydrogens is 248 g/mol. The Morgan fingerprint density at radius 2 is 2.00 bits per heavy atom. The van der Waals surface area contributed by atoms with Crippen LogP contribution in [0.1, 0.15) is 31.4 Å². The molecule has 0 aliphatic carbocycles. The van der Waals surface area contributed by atoms with Crippen LogP contribution in [0.25, 0.3) is 0 Å². The zero-order valence-electron chi connectivity index (χ0n) is 10.9. The minimum Gasteiger partial charge on any atom is -0.212 e. The van der Waals surface area contributed by atoms with Gasteiger partial charge in [-0.3, -0.25) is 0 Å². The molecule has 0 aliphatic rings. The van der Waals surface area contributed by atoms with Crippen molar-refractivity contribution >= 4 is 10.0 Å². The van der Waals surface area contributed by atoms with Gasteiger partial charge in [-0.05, 0) is 25.0 Å². The Hall–Kier alpha value is -1.38. The highest BCUT2D eigenvalue weighted by molar-refractivity contribution is 7.88. The molecule has 0 fully saturated rings. The predicted molar refractivity (Wildman–Crippen MR) is 71.3 cm³/mol. The lowest BCUT2D eigenvalue weighted by molar-refractivity contribution is 0.380. The second-order valence-corrected chi connectivity index (χ2v) is 6.33. The standard InChI is InChI=1S/C13H18N2O2S/c1-4-11(2)15(3)18(16,17)10-13-8-6-5-7-12(13)9-14/h5-8,11H,4,10H2,1-3H3/t11-/m1/s1. The Morgan fingerprint density at radius 1 is 1.39 bits per heavy atom. The van der Waals surface area contributed by atoms with Crippen LogP contribution in [-0.2, 0) is 15.8 Å². The number of sulfonamides is 1. The van der Waals surface area contributed by atoms with Crippen LogP contribution in [0.15, 0.2) is 24.3 Å². The van der Waals surface area contributed by atoms with E-state index < -0.39 is 10.0 Å². The molecule has 18 heavy (non-hydrogen) atoms. The Kier molecular flexibility index (Phi) is 4.88. The summed E-state index contributed by atoms with van der Waals surface area (Å²) in [5.41, 5.74) is 0.966. The Morgan fingerprint density at radius 3 is 2.56 bits per heavy atom.